The van der Waals surface area contributed by atoms with Crippen molar-refractivity contribution in [3.05, 3.63) is 29.8 Å². The minimum Gasteiger partial charge on any atom is -0.494 e. The second-order valence-electron chi connectivity index (χ2n) is 5.95. The van der Waals surface area contributed by atoms with Gasteiger partial charge in [-0.15, -0.1) is 0 Å². The third kappa shape index (κ3) is 3.14. The number of nitrogens with zero attached hydrogens (tertiary/aromatic N) is 1. The summed E-state index contributed by atoms with van der Waals surface area (Å²) in [5.74, 6) is 6.77. The van der Waals surface area contributed by atoms with Gasteiger partial charge in [-0.1, -0.05) is 12.1 Å². The first-order chi connectivity index (χ1) is 9.59. The van der Waals surface area contributed by atoms with Crippen LogP contribution in [-0.2, 0) is 0 Å². The minimum atomic E-state index is -0.0178. The van der Waals surface area contributed by atoms with Gasteiger partial charge >= 0.3 is 0 Å². The summed E-state index contributed by atoms with van der Waals surface area (Å²) in [6, 6.07) is 8.31. The van der Waals surface area contributed by atoms with Gasteiger partial charge in [-0.05, 0) is 64.4 Å². The van der Waals surface area contributed by atoms with Crippen LogP contribution in [0, 0.1) is 0 Å². The third-order valence-corrected chi connectivity index (χ3v) is 4.30. The maximum absolute atomic E-state index is 5.87. The SMILES string of the molecule is CCOc1cccc(C(NN)C(C)(C)N2CCCC2)c1. The maximum Gasteiger partial charge on any atom is 0.119 e. The van der Waals surface area contributed by atoms with E-state index in [4.69, 9.17) is 10.6 Å². The summed E-state index contributed by atoms with van der Waals surface area (Å²) in [6.07, 6.45) is 2.55. The second-order valence-corrected chi connectivity index (χ2v) is 5.95. The van der Waals surface area contributed by atoms with Gasteiger partial charge in [-0.3, -0.25) is 16.2 Å². The van der Waals surface area contributed by atoms with Crippen molar-refractivity contribution in [2.45, 2.75) is 45.2 Å². The number of nitrogens with one attached hydrogen (secondary N) is 1. The van der Waals surface area contributed by atoms with Gasteiger partial charge in [0.1, 0.15) is 5.75 Å². The van der Waals surface area contributed by atoms with E-state index in [2.05, 4.69) is 36.3 Å². The first-order valence-electron chi connectivity index (χ1n) is 7.53. The van der Waals surface area contributed by atoms with E-state index in [1.54, 1.807) is 0 Å². The Balaban J connectivity index is 2.24. The van der Waals surface area contributed by atoms with Gasteiger partial charge in [0.15, 0.2) is 0 Å². The maximum atomic E-state index is 5.87. The van der Waals surface area contributed by atoms with Crippen molar-refractivity contribution < 1.29 is 4.74 Å². The van der Waals surface area contributed by atoms with E-state index in [0.717, 1.165) is 18.8 Å². The molecule has 0 bridgehead atoms. The van der Waals surface area contributed by atoms with Gasteiger partial charge in [0.05, 0.1) is 12.6 Å². The number of hydrogen-bond acceptors (Lipinski definition) is 4. The summed E-state index contributed by atoms with van der Waals surface area (Å²) < 4.78 is 5.60. The molecular weight excluding hydrogens is 250 g/mol. The summed E-state index contributed by atoms with van der Waals surface area (Å²) in [5.41, 5.74) is 4.17. The fourth-order valence-electron chi connectivity index (χ4n) is 3.13. The number of hydrazine groups is 1. The number of rotatable bonds is 6. The molecule has 3 N–H and O–H groups in total. The average Bonchev–Trinajstić information content (AvgIpc) is 2.95. The van der Waals surface area contributed by atoms with Crippen molar-refractivity contribution in [1.82, 2.24) is 10.3 Å². The Morgan fingerprint density at radius 2 is 2.05 bits per heavy atom. The smallest absolute Gasteiger partial charge is 0.119 e. The quantitative estimate of drug-likeness (QED) is 0.619. The normalized spacial score (nSPS) is 18.2. The first-order valence-corrected chi connectivity index (χ1v) is 7.53. The number of ether oxygens (including phenoxy) is 1. The van der Waals surface area contributed by atoms with Crippen LogP contribution >= 0.6 is 0 Å². The molecule has 1 aliphatic rings. The van der Waals surface area contributed by atoms with Gasteiger partial charge in [0, 0.05) is 5.54 Å². The fraction of sp³-hybridized carbons (Fsp3) is 0.625. The minimum absolute atomic E-state index is 0.0178. The molecule has 2 rings (SSSR count). The molecule has 1 aromatic rings. The molecule has 1 saturated heterocycles. The summed E-state index contributed by atoms with van der Waals surface area (Å²) in [4.78, 5) is 2.52. The summed E-state index contributed by atoms with van der Waals surface area (Å²) >= 11 is 0. The number of nitrogens with two attached hydrogens (primary N) is 1. The Bertz CT molecular complexity index is 427. The van der Waals surface area contributed by atoms with Crippen LogP contribution < -0.4 is 16.0 Å². The summed E-state index contributed by atoms with van der Waals surface area (Å²) in [6.45, 7) is 9.50. The van der Waals surface area contributed by atoms with Crippen molar-refractivity contribution in [3.63, 3.8) is 0 Å². The summed E-state index contributed by atoms with van der Waals surface area (Å²) in [5, 5.41) is 0. The molecule has 1 unspecified atom stereocenters. The van der Waals surface area contributed by atoms with E-state index in [9.17, 15) is 0 Å². The molecule has 0 spiro atoms. The lowest BCUT2D eigenvalue weighted by Crippen LogP contribution is -2.53. The Kier molecular flexibility index (Phi) is 5.02. The molecule has 4 nitrogen and oxygen atoms in total. The zero-order valence-electron chi connectivity index (χ0n) is 12.9. The van der Waals surface area contributed by atoms with Crippen LogP contribution in [0.3, 0.4) is 0 Å². The molecule has 0 saturated carbocycles. The molecule has 0 amide bonds. The zero-order valence-corrected chi connectivity index (χ0v) is 12.9. The van der Waals surface area contributed by atoms with Crippen LogP contribution in [0.25, 0.3) is 0 Å². The molecule has 1 atom stereocenters. The zero-order chi connectivity index (χ0) is 14.6. The molecule has 4 heteroatoms. The fourth-order valence-corrected chi connectivity index (χ4v) is 3.13. The molecule has 112 valence electrons. The Morgan fingerprint density at radius 1 is 1.35 bits per heavy atom. The monoisotopic (exact) mass is 277 g/mol. The van der Waals surface area contributed by atoms with E-state index in [1.807, 2.05) is 19.1 Å². The lowest BCUT2D eigenvalue weighted by atomic mass is 9.87. The third-order valence-electron chi connectivity index (χ3n) is 4.30. The van der Waals surface area contributed by atoms with Crippen molar-refractivity contribution in [3.8, 4) is 5.75 Å². The van der Waals surface area contributed by atoms with Gasteiger partial charge in [0.2, 0.25) is 0 Å². The average molecular weight is 277 g/mol. The van der Waals surface area contributed by atoms with Crippen molar-refractivity contribution in [1.29, 1.82) is 0 Å². The van der Waals surface area contributed by atoms with Crippen LogP contribution in [0.5, 0.6) is 5.75 Å². The number of likely N-dealkylation sites (tertiary alicyclic amines) is 1. The highest BCUT2D eigenvalue weighted by Gasteiger charge is 2.37. The predicted molar refractivity (Wildman–Crippen MR) is 82.6 cm³/mol. The Morgan fingerprint density at radius 3 is 2.65 bits per heavy atom. The van der Waals surface area contributed by atoms with Crippen molar-refractivity contribution in [2.75, 3.05) is 19.7 Å². The van der Waals surface area contributed by atoms with E-state index >= 15 is 0 Å². The van der Waals surface area contributed by atoms with Gasteiger partial charge in [0.25, 0.3) is 0 Å². The molecule has 0 radical (unpaired) electrons. The Hall–Kier alpha value is -1.10. The molecule has 0 aromatic heterocycles. The van der Waals surface area contributed by atoms with Gasteiger partial charge < -0.3 is 4.74 Å². The Labute approximate surface area is 122 Å². The predicted octanol–water partition coefficient (Wildman–Crippen LogP) is 2.46. The highest BCUT2D eigenvalue weighted by molar-refractivity contribution is 5.32. The van der Waals surface area contributed by atoms with Gasteiger partial charge in [-0.25, -0.2) is 0 Å². The van der Waals surface area contributed by atoms with E-state index < -0.39 is 0 Å². The highest BCUT2D eigenvalue weighted by Crippen LogP contribution is 2.34. The molecule has 1 heterocycles. The first kappa shape index (κ1) is 15.3. The largest absolute Gasteiger partial charge is 0.494 e. The van der Waals surface area contributed by atoms with Crippen molar-refractivity contribution in [2.24, 2.45) is 5.84 Å². The topological polar surface area (TPSA) is 50.5 Å². The van der Waals surface area contributed by atoms with E-state index in [0.29, 0.717) is 6.61 Å². The standard InChI is InChI=1S/C16H27N3O/c1-4-20-14-9-7-8-13(12-14)15(18-17)16(2,3)19-10-5-6-11-19/h7-9,12,15,18H,4-6,10-11,17H2,1-3H3. The molecular formula is C16H27N3O. The molecule has 20 heavy (non-hydrogen) atoms. The number of benzene rings is 1. The van der Waals surface area contributed by atoms with Crippen LogP contribution in [0.15, 0.2) is 24.3 Å². The van der Waals surface area contributed by atoms with Crippen LogP contribution in [0.4, 0.5) is 0 Å². The van der Waals surface area contributed by atoms with Gasteiger partial charge in [-0.2, -0.15) is 0 Å². The molecule has 1 fully saturated rings. The van der Waals surface area contributed by atoms with Crippen molar-refractivity contribution >= 4 is 0 Å². The lowest BCUT2D eigenvalue weighted by Gasteiger charge is -2.42. The molecule has 1 aromatic carbocycles. The van der Waals surface area contributed by atoms with Crippen LogP contribution in [0.2, 0.25) is 0 Å². The lowest BCUT2D eigenvalue weighted by molar-refractivity contribution is 0.107. The summed E-state index contributed by atoms with van der Waals surface area (Å²) in [7, 11) is 0. The highest BCUT2D eigenvalue weighted by atomic mass is 16.5. The molecule has 1 aliphatic heterocycles. The van der Waals surface area contributed by atoms with Crippen LogP contribution in [-0.4, -0.2) is 30.1 Å². The molecule has 0 aliphatic carbocycles. The second kappa shape index (κ2) is 6.57. The van der Waals surface area contributed by atoms with E-state index in [-0.39, 0.29) is 11.6 Å². The number of hydrogen-bond donors (Lipinski definition) is 2. The van der Waals surface area contributed by atoms with E-state index in [1.165, 1.54) is 18.4 Å². The van der Waals surface area contributed by atoms with Crippen LogP contribution in [0.1, 0.15) is 45.2 Å².